The highest BCUT2D eigenvalue weighted by Gasteiger charge is 2.30. The van der Waals surface area contributed by atoms with Gasteiger partial charge in [0.05, 0.1) is 4.90 Å². The molecule has 1 aliphatic heterocycles. The lowest BCUT2D eigenvalue weighted by molar-refractivity contribution is 0.268. The zero-order chi connectivity index (χ0) is 14.6. The molecule has 5 heteroatoms. The molecule has 1 aliphatic rings. The fraction of sp³-hybridized carbons (Fsp3) is 0.467. The molecule has 1 saturated heterocycles. The average Bonchev–Trinajstić information content (AvgIpc) is 2.45. The molecular formula is C15H19NO3S. The van der Waals surface area contributed by atoms with Crippen LogP contribution in [0.25, 0.3) is 0 Å². The van der Waals surface area contributed by atoms with Crippen molar-refractivity contribution in [3.05, 3.63) is 29.8 Å². The Hall–Kier alpha value is -1.35. The van der Waals surface area contributed by atoms with Gasteiger partial charge in [-0.1, -0.05) is 24.3 Å². The highest BCUT2D eigenvalue weighted by molar-refractivity contribution is 7.89. The van der Waals surface area contributed by atoms with Gasteiger partial charge in [-0.15, -0.1) is 0 Å². The number of nitrogens with zero attached hydrogens (tertiary/aromatic N) is 1. The number of piperidine rings is 1. The number of hydrogen-bond donors (Lipinski definition) is 1. The van der Waals surface area contributed by atoms with Crippen LogP contribution in [0.15, 0.2) is 29.2 Å². The Bertz CT molecular complexity index is 628. The summed E-state index contributed by atoms with van der Waals surface area (Å²) in [5.74, 6) is 5.27. The van der Waals surface area contributed by atoms with Crippen LogP contribution in [0.5, 0.6) is 0 Å². The molecule has 1 unspecified atom stereocenters. The number of aliphatic hydroxyl groups excluding tert-OH is 1. The third-order valence-electron chi connectivity index (χ3n) is 3.49. The second kappa shape index (κ2) is 6.40. The van der Waals surface area contributed by atoms with Gasteiger partial charge in [-0.3, -0.25) is 0 Å². The molecule has 1 aromatic rings. The highest BCUT2D eigenvalue weighted by atomic mass is 32.2. The lowest BCUT2D eigenvalue weighted by Gasteiger charge is -2.32. The second-order valence-corrected chi connectivity index (χ2v) is 6.84. The summed E-state index contributed by atoms with van der Waals surface area (Å²) in [7, 11) is -3.46. The summed E-state index contributed by atoms with van der Waals surface area (Å²) in [6.07, 6.45) is 2.89. The third-order valence-corrected chi connectivity index (χ3v) is 5.50. The largest absolute Gasteiger partial charge is 0.384 e. The second-order valence-electron chi connectivity index (χ2n) is 4.95. The minimum atomic E-state index is -3.46. The maximum atomic E-state index is 12.7. The van der Waals surface area contributed by atoms with Gasteiger partial charge < -0.3 is 5.11 Å². The van der Waals surface area contributed by atoms with Gasteiger partial charge in [0.2, 0.25) is 10.0 Å². The Morgan fingerprint density at radius 1 is 1.40 bits per heavy atom. The smallest absolute Gasteiger partial charge is 0.243 e. The number of rotatable bonds is 2. The van der Waals surface area contributed by atoms with Crippen LogP contribution in [0.1, 0.15) is 31.7 Å². The van der Waals surface area contributed by atoms with Crippen molar-refractivity contribution in [3.63, 3.8) is 0 Å². The van der Waals surface area contributed by atoms with Crippen LogP contribution < -0.4 is 0 Å². The summed E-state index contributed by atoms with van der Waals surface area (Å²) in [5, 5.41) is 8.70. The molecule has 1 N–H and O–H groups in total. The van der Waals surface area contributed by atoms with E-state index >= 15 is 0 Å². The molecule has 1 fully saturated rings. The summed E-state index contributed by atoms with van der Waals surface area (Å²) in [6.45, 7) is 2.29. The molecule has 4 nitrogen and oxygen atoms in total. The number of aliphatic hydroxyl groups is 1. The van der Waals surface area contributed by atoms with Crippen LogP contribution >= 0.6 is 0 Å². The van der Waals surface area contributed by atoms with Crippen LogP contribution in [-0.2, 0) is 10.0 Å². The lowest BCUT2D eigenvalue weighted by atomic mass is 10.1. The molecule has 1 heterocycles. The summed E-state index contributed by atoms with van der Waals surface area (Å²) < 4.78 is 26.9. The van der Waals surface area contributed by atoms with Crippen molar-refractivity contribution in [1.29, 1.82) is 0 Å². The van der Waals surface area contributed by atoms with Crippen LogP contribution in [0.2, 0.25) is 0 Å². The predicted molar refractivity (Wildman–Crippen MR) is 77.6 cm³/mol. The van der Waals surface area contributed by atoms with Gasteiger partial charge in [-0.05, 0) is 38.0 Å². The van der Waals surface area contributed by atoms with E-state index in [9.17, 15) is 8.42 Å². The highest BCUT2D eigenvalue weighted by Crippen LogP contribution is 2.25. The first-order chi connectivity index (χ1) is 9.55. The molecular weight excluding hydrogens is 274 g/mol. The van der Waals surface area contributed by atoms with E-state index in [-0.39, 0.29) is 17.5 Å². The average molecular weight is 293 g/mol. The van der Waals surface area contributed by atoms with E-state index in [4.69, 9.17) is 5.11 Å². The summed E-state index contributed by atoms with van der Waals surface area (Å²) in [6, 6.07) is 6.63. The first kappa shape index (κ1) is 15.0. The van der Waals surface area contributed by atoms with Gasteiger partial charge in [0.15, 0.2) is 0 Å². The van der Waals surface area contributed by atoms with E-state index in [0.29, 0.717) is 12.1 Å². The maximum Gasteiger partial charge on any atom is 0.243 e. The van der Waals surface area contributed by atoms with Crippen molar-refractivity contribution in [2.45, 2.75) is 37.1 Å². The third kappa shape index (κ3) is 3.21. The normalized spacial score (nSPS) is 20.2. The molecule has 1 atom stereocenters. The maximum absolute atomic E-state index is 12.7. The minimum absolute atomic E-state index is 0.0425. The molecule has 0 saturated carbocycles. The summed E-state index contributed by atoms with van der Waals surface area (Å²) in [5.41, 5.74) is 0.602. The summed E-state index contributed by atoms with van der Waals surface area (Å²) in [4.78, 5) is 0.274. The van der Waals surface area contributed by atoms with Gasteiger partial charge in [-0.2, -0.15) is 4.31 Å². The first-order valence-electron chi connectivity index (χ1n) is 6.77. The molecule has 108 valence electrons. The van der Waals surface area contributed by atoms with Crippen molar-refractivity contribution < 1.29 is 13.5 Å². The van der Waals surface area contributed by atoms with Gasteiger partial charge in [0, 0.05) is 18.2 Å². The predicted octanol–water partition coefficient (Wildman–Crippen LogP) is 1.59. The topological polar surface area (TPSA) is 57.6 Å². The van der Waals surface area contributed by atoms with Crippen LogP contribution in [-0.4, -0.2) is 37.0 Å². The molecule has 0 spiro atoms. The van der Waals surface area contributed by atoms with Crippen LogP contribution in [0.4, 0.5) is 0 Å². The van der Waals surface area contributed by atoms with Crippen molar-refractivity contribution in [2.24, 2.45) is 0 Å². The molecule has 0 bridgehead atoms. The Kier molecular flexibility index (Phi) is 4.81. The number of benzene rings is 1. The monoisotopic (exact) mass is 293 g/mol. The van der Waals surface area contributed by atoms with E-state index in [1.54, 1.807) is 28.6 Å². The fourth-order valence-electron chi connectivity index (χ4n) is 2.44. The zero-order valence-electron chi connectivity index (χ0n) is 11.5. The Balaban J connectivity index is 2.34. The molecule has 20 heavy (non-hydrogen) atoms. The van der Waals surface area contributed by atoms with E-state index < -0.39 is 10.0 Å². The van der Waals surface area contributed by atoms with Gasteiger partial charge in [-0.25, -0.2) is 8.42 Å². The number of sulfonamides is 1. The lowest BCUT2D eigenvalue weighted by Crippen LogP contribution is -2.41. The molecule has 0 aromatic heterocycles. The Morgan fingerprint density at radius 3 is 2.90 bits per heavy atom. The summed E-state index contributed by atoms with van der Waals surface area (Å²) >= 11 is 0. The first-order valence-corrected chi connectivity index (χ1v) is 8.21. The van der Waals surface area contributed by atoms with Crippen molar-refractivity contribution in [1.82, 2.24) is 4.31 Å². The van der Waals surface area contributed by atoms with Gasteiger partial charge >= 0.3 is 0 Å². The Morgan fingerprint density at radius 2 is 2.20 bits per heavy atom. The zero-order valence-corrected chi connectivity index (χ0v) is 12.4. The van der Waals surface area contributed by atoms with E-state index in [1.807, 2.05) is 6.92 Å². The molecule has 0 aliphatic carbocycles. The van der Waals surface area contributed by atoms with E-state index in [0.717, 1.165) is 19.3 Å². The van der Waals surface area contributed by atoms with Crippen molar-refractivity contribution >= 4 is 10.0 Å². The SMILES string of the molecule is CC1CCCCN1S(=O)(=O)c1cccc(C#CCO)c1. The Labute approximate surface area is 120 Å². The van der Waals surface area contributed by atoms with Crippen LogP contribution in [0.3, 0.4) is 0 Å². The molecule has 0 amide bonds. The molecule has 2 rings (SSSR count). The van der Waals surface area contributed by atoms with E-state index in [2.05, 4.69) is 11.8 Å². The molecule has 0 radical (unpaired) electrons. The minimum Gasteiger partial charge on any atom is -0.384 e. The van der Waals surface area contributed by atoms with Crippen molar-refractivity contribution in [2.75, 3.05) is 13.2 Å². The fourth-order valence-corrected chi connectivity index (χ4v) is 4.19. The number of hydrogen-bond acceptors (Lipinski definition) is 3. The van der Waals surface area contributed by atoms with Crippen molar-refractivity contribution in [3.8, 4) is 11.8 Å². The standard InChI is InChI=1S/C15H19NO3S/c1-13-6-2-3-10-16(13)20(18,19)15-9-4-7-14(12-15)8-5-11-17/h4,7,9,12-13,17H,2-3,6,10-11H2,1H3. The van der Waals surface area contributed by atoms with Crippen LogP contribution in [0, 0.1) is 11.8 Å². The molecule has 1 aromatic carbocycles. The quantitative estimate of drug-likeness (QED) is 0.843. The van der Waals surface area contributed by atoms with Gasteiger partial charge in [0.25, 0.3) is 0 Å². The van der Waals surface area contributed by atoms with Gasteiger partial charge in [0.1, 0.15) is 6.61 Å². The van der Waals surface area contributed by atoms with E-state index in [1.165, 1.54) is 0 Å².